The molecular formula is C8H14F2N2O2. The first-order valence-electron chi connectivity index (χ1n) is 4.40. The molecule has 4 nitrogen and oxygen atoms in total. The summed E-state index contributed by atoms with van der Waals surface area (Å²) in [5, 5.41) is 11.2. The molecule has 0 aromatic rings. The summed E-state index contributed by atoms with van der Waals surface area (Å²) in [4.78, 5) is 0. The number of hydrogen-bond donors (Lipinski definition) is 2. The second-order valence-corrected chi connectivity index (χ2v) is 3.67. The normalized spacial score (nSPS) is 20.1. The molecule has 1 aliphatic rings. The maximum Gasteiger partial charge on any atom is 0.261 e. The monoisotopic (exact) mass is 208 g/mol. The Morgan fingerprint density at radius 1 is 1.57 bits per heavy atom. The van der Waals surface area contributed by atoms with E-state index in [0.29, 0.717) is 6.42 Å². The van der Waals surface area contributed by atoms with Gasteiger partial charge in [0.05, 0.1) is 6.61 Å². The topological polar surface area (TPSA) is 67.8 Å². The molecule has 0 atom stereocenters. The summed E-state index contributed by atoms with van der Waals surface area (Å²) in [6.45, 7) is -0.286. The molecule has 0 saturated heterocycles. The van der Waals surface area contributed by atoms with E-state index in [-0.39, 0.29) is 17.9 Å². The molecule has 0 heterocycles. The van der Waals surface area contributed by atoms with Crippen molar-refractivity contribution in [3.05, 3.63) is 0 Å². The van der Waals surface area contributed by atoms with Gasteiger partial charge in [-0.15, -0.1) is 0 Å². The summed E-state index contributed by atoms with van der Waals surface area (Å²) in [5.74, 6) is 0.128. The molecule has 82 valence electrons. The van der Waals surface area contributed by atoms with Crippen LogP contribution in [0.4, 0.5) is 8.78 Å². The van der Waals surface area contributed by atoms with E-state index in [9.17, 15) is 8.78 Å². The predicted octanol–water partition coefficient (Wildman–Crippen LogP) is 1.18. The molecule has 0 aromatic heterocycles. The number of rotatable bonds is 6. The Labute approximate surface area is 80.7 Å². The summed E-state index contributed by atoms with van der Waals surface area (Å²) in [6.07, 6.45) is -0.263. The van der Waals surface area contributed by atoms with Crippen LogP contribution in [0.5, 0.6) is 0 Å². The van der Waals surface area contributed by atoms with Crippen LogP contribution < -0.4 is 5.73 Å². The SMILES string of the molecule is NC(CC1(COCC(F)F)CC1)=NO. The zero-order chi connectivity index (χ0) is 10.6. The molecule has 0 aromatic carbocycles. The van der Waals surface area contributed by atoms with Gasteiger partial charge in [0.2, 0.25) is 0 Å². The highest BCUT2D eigenvalue weighted by molar-refractivity contribution is 5.80. The molecule has 0 radical (unpaired) electrons. The average Bonchev–Trinajstić information content (AvgIpc) is 2.84. The predicted molar refractivity (Wildman–Crippen MR) is 46.5 cm³/mol. The summed E-state index contributed by atoms with van der Waals surface area (Å²) >= 11 is 0. The molecule has 0 amide bonds. The third-order valence-corrected chi connectivity index (χ3v) is 2.29. The van der Waals surface area contributed by atoms with Gasteiger partial charge in [-0.3, -0.25) is 0 Å². The fraction of sp³-hybridized carbons (Fsp3) is 0.875. The molecule has 1 rings (SSSR count). The van der Waals surface area contributed by atoms with E-state index < -0.39 is 13.0 Å². The third-order valence-electron chi connectivity index (χ3n) is 2.29. The van der Waals surface area contributed by atoms with Crippen LogP contribution in [0, 0.1) is 5.41 Å². The highest BCUT2D eigenvalue weighted by Crippen LogP contribution is 2.48. The van der Waals surface area contributed by atoms with Crippen molar-refractivity contribution in [2.45, 2.75) is 25.7 Å². The van der Waals surface area contributed by atoms with E-state index in [4.69, 9.17) is 15.7 Å². The van der Waals surface area contributed by atoms with Crippen molar-refractivity contribution in [2.75, 3.05) is 13.2 Å². The van der Waals surface area contributed by atoms with E-state index in [1.165, 1.54) is 0 Å². The van der Waals surface area contributed by atoms with E-state index in [0.717, 1.165) is 12.8 Å². The van der Waals surface area contributed by atoms with Gasteiger partial charge in [-0.25, -0.2) is 8.78 Å². The van der Waals surface area contributed by atoms with E-state index in [1.807, 2.05) is 0 Å². The van der Waals surface area contributed by atoms with Crippen molar-refractivity contribution in [2.24, 2.45) is 16.3 Å². The van der Waals surface area contributed by atoms with Crippen molar-refractivity contribution in [3.8, 4) is 0 Å². The highest BCUT2D eigenvalue weighted by atomic mass is 19.3. The number of halogens is 2. The lowest BCUT2D eigenvalue weighted by Gasteiger charge is -2.13. The molecule has 0 spiro atoms. The minimum atomic E-state index is -2.44. The lowest BCUT2D eigenvalue weighted by Crippen LogP contribution is -2.22. The molecule has 3 N–H and O–H groups in total. The van der Waals surface area contributed by atoms with Crippen LogP contribution in [0.3, 0.4) is 0 Å². The van der Waals surface area contributed by atoms with Gasteiger partial charge in [0.1, 0.15) is 12.4 Å². The van der Waals surface area contributed by atoms with Crippen LogP contribution in [-0.2, 0) is 4.74 Å². The van der Waals surface area contributed by atoms with Crippen molar-refractivity contribution < 1.29 is 18.7 Å². The second kappa shape index (κ2) is 4.54. The maximum atomic E-state index is 11.7. The van der Waals surface area contributed by atoms with Gasteiger partial charge >= 0.3 is 0 Å². The first-order chi connectivity index (χ1) is 6.58. The molecule has 0 aliphatic heterocycles. The fourth-order valence-electron chi connectivity index (χ4n) is 1.33. The van der Waals surface area contributed by atoms with Gasteiger partial charge < -0.3 is 15.7 Å². The molecule has 0 unspecified atom stereocenters. The molecule has 0 bridgehead atoms. The molecule has 6 heteroatoms. The summed E-state index contributed by atoms with van der Waals surface area (Å²) in [5.41, 5.74) is 5.17. The first kappa shape index (κ1) is 11.2. The van der Waals surface area contributed by atoms with Crippen LogP contribution in [-0.4, -0.2) is 30.7 Å². The van der Waals surface area contributed by atoms with Crippen molar-refractivity contribution in [3.63, 3.8) is 0 Å². The summed E-state index contributed by atoms with van der Waals surface area (Å²) < 4.78 is 28.3. The number of nitrogens with two attached hydrogens (primary N) is 1. The quantitative estimate of drug-likeness (QED) is 0.298. The van der Waals surface area contributed by atoms with Crippen LogP contribution in [0.1, 0.15) is 19.3 Å². The number of amidine groups is 1. The Morgan fingerprint density at radius 2 is 2.21 bits per heavy atom. The fourth-order valence-corrected chi connectivity index (χ4v) is 1.33. The Bertz CT molecular complexity index is 217. The number of alkyl halides is 2. The van der Waals surface area contributed by atoms with E-state index in [1.54, 1.807) is 0 Å². The van der Waals surface area contributed by atoms with Crippen molar-refractivity contribution in [1.29, 1.82) is 0 Å². The second-order valence-electron chi connectivity index (χ2n) is 3.67. The Balaban J connectivity index is 2.22. The Morgan fingerprint density at radius 3 is 2.64 bits per heavy atom. The smallest absolute Gasteiger partial charge is 0.261 e. The van der Waals surface area contributed by atoms with Crippen LogP contribution in [0.15, 0.2) is 5.16 Å². The minimum absolute atomic E-state index is 0.128. The minimum Gasteiger partial charge on any atom is -0.409 e. The first-order valence-corrected chi connectivity index (χ1v) is 4.40. The van der Waals surface area contributed by atoms with Gasteiger partial charge in [-0.05, 0) is 12.8 Å². The van der Waals surface area contributed by atoms with Crippen LogP contribution in [0.2, 0.25) is 0 Å². The third kappa shape index (κ3) is 3.45. The number of ether oxygens (including phenoxy) is 1. The van der Waals surface area contributed by atoms with Crippen LogP contribution >= 0.6 is 0 Å². The molecule has 1 aliphatic carbocycles. The highest BCUT2D eigenvalue weighted by Gasteiger charge is 2.43. The lowest BCUT2D eigenvalue weighted by molar-refractivity contribution is 0.000591. The summed E-state index contributed by atoms with van der Waals surface area (Å²) in [6, 6.07) is 0. The van der Waals surface area contributed by atoms with Crippen molar-refractivity contribution in [1.82, 2.24) is 0 Å². The maximum absolute atomic E-state index is 11.7. The Hall–Kier alpha value is -0.910. The van der Waals surface area contributed by atoms with Gasteiger partial charge in [0, 0.05) is 11.8 Å². The Kier molecular flexibility index (Phi) is 3.62. The zero-order valence-electron chi connectivity index (χ0n) is 7.75. The van der Waals surface area contributed by atoms with Crippen LogP contribution in [0.25, 0.3) is 0 Å². The number of hydrogen-bond acceptors (Lipinski definition) is 3. The molecule has 1 fully saturated rings. The standard InChI is InChI=1S/C8H14F2N2O2/c9-6(10)4-14-5-8(1-2-8)3-7(11)12-13/h6,13H,1-5H2,(H2,11,12). The van der Waals surface area contributed by atoms with Gasteiger partial charge in [0.15, 0.2) is 0 Å². The molecule has 14 heavy (non-hydrogen) atoms. The molecule has 1 saturated carbocycles. The van der Waals surface area contributed by atoms with E-state index >= 15 is 0 Å². The average molecular weight is 208 g/mol. The van der Waals surface area contributed by atoms with Gasteiger partial charge in [-0.2, -0.15) is 0 Å². The van der Waals surface area contributed by atoms with Gasteiger partial charge in [-0.1, -0.05) is 5.16 Å². The van der Waals surface area contributed by atoms with Gasteiger partial charge in [0.25, 0.3) is 6.43 Å². The largest absolute Gasteiger partial charge is 0.409 e. The lowest BCUT2D eigenvalue weighted by atomic mass is 10.0. The summed E-state index contributed by atoms with van der Waals surface area (Å²) in [7, 11) is 0. The van der Waals surface area contributed by atoms with E-state index in [2.05, 4.69) is 5.16 Å². The zero-order valence-corrected chi connectivity index (χ0v) is 7.75. The van der Waals surface area contributed by atoms with Crippen molar-refractivity contribution >= 4 is 5.84 Å². The molecular weight excluding hydrogens is 194 g/mol. The number of nitrogens with zero attached hydrogens (tertiary/aromatic N) is 1. The number of oxime groups is 1.